The Morgan fingerprint density at radius 1 is 1.38 bits per heavy atom. The highest BCUT2D eigenvalue weighted by molar-refractivity contribution is 5.27. The maximum Gasteiger partial charge on any atom is 0.123 e. The highest BCUT2D eigenvalue weighted by Gasteiger charge is 2.20. The molecule has 0 aromatic heterocycles. The molecule has 1 saturated carbocycles. The van der Waals surface area contributed by atoms with Crippen LogP contribution in [0.1, 0.15) is 36.8 Å². The topological polar surface area (TPSA) is 26.0 Å². The van der Waals surface area contributed by atoms with E-state index in [4.69, 9.17) is 5.73 Å². The zero-order valence-corrected chi connectivity index (χ0v) is 9.88. The van der Waals surface area contributed by atoms with Crippen molar-refractivity contribution in [3.63, 3.8) is 0 Å². The minimum Gasteiger partial charge on any atom is -0.328 e. The smallest absolute Gasteiger partial charge is 0.123 e. The summed E-state index contributed by atoms with van der Waals surface area (Å²) in [5.74, 6) is 0.518. The van der Waals surface area contributed by atoms with Crippen molar-refractivity contribution >= 4 is 0 Å². The lowest BCUT2D eigenvalue weighted by atomic mass is 9.82. The molecular weight excluding hydrogens is 201 g/mol. The number of nitrogens with two attached hydrogens (primary N) is 1. The lowest BCUT2D eigenvalue weighted by Gasteiger charge is -2.27. The number of hydrogen-bond acceptors (Lipinski definition) is 1. The lowest BCUT2D eigenvalue weighted by Crippen LogP contribution is -2.28. The largest absolute Gasteiger partial charge is 0.328 e. The van der Waals surface area contributed by atoms with Gasteiger partial charge in [-0.2, -0.15) is 0 Å². The average molecular weight is 221 g/mol. The molecule has 2 N–H and O–H groups in total. The van der Waals surface area contributed by atoms with Crippen molar-refractivity contribution < 1.29 is 4.39 Å². The summed E-state index contributed by atoms with van der Waals surface area (Å²) in [5, 5.41) is 0. The van der Waals surface area contributed by atoms with Gasteiger partial charge < -0.3 is 5.73 Å². The van der Waals surface area contributed by atoms with Gasteiger partial charge in [-0.25, -0.2) is 4.39 Å². The molecule has 88 valence electrons. The Morgan fingerprint density at radius 3 is 2.94 bits per heavy atom. The van der Waals surface area contributed by atoms with Crippen LogP contribution in [0.4, 0.5) is 4.39 Å². The Kier molecular flexibility index (Phi) is 3.59. The van der Waals surface area contributed by atoms with E-state index in [0.717, 1.165) is 24.8 Å². The van der Waals surface area contributed by atoms with E-state index >= 15 is 0 Å². The first-order valence-corrected chi connectivity index (χ1v) is 6.16. The van der Waals surface area contributed by atoms with Crippen LogP contribution in [0.3, 0.4) is 0 Å². The molecule has 0 radical (unpaired) electrons. The molecule has 1 aliphatic carbocycles. The van der Waals surface area contributed by atoms with Gasteiger partial charge in [0.2, 0.25) is 0 Å². The second kappa shape index (κ2) is 4.96. The van der Waals surface area contributed by atoms with Gasteiger partial charge in [-0.1, -0.05) is 18.9 Å². The van der Waals surface area contributed by atoms with Crippen LogP contribution in [-0.4, -0.2) is 6.04 Å². The maximum atomic E-state index is 13.2. The Balaban J connectivity index is 2.05. The van der Waals surface area contributed by atoms with Crippen LogP contribution in [0.15, 0.2) is 18.2 Å². The molecule has 1 nitrogen and oxygen atoms in total. The Labute approximate surface area is 96.9 Å². The predicted octanol–water partition coefficient (Wildman–Crippen LogP) is 3.19. The summed E-state index contributed by atoms with van der Waals surface area (Å²) < 4.78 is 13.2. The first-order chi connectivity index (χ1) is 7.65. The number of hydrogen-bond donors (Lipinski definition) is 1. The van der Waals surface area contributed by atoms with Gasteiger partial charge >= 0.3 is 0 Å². The van der Waals surface area contributed by atoms with Crippen molar-refractivity contribution in [2.75, 3.05) is 0 Å². The number of rotatable bonds is 2. The van der Waals surface area contributed by atoms with E-state index in [2.05, 4.69) is 6.92 Å². The molecule has 0 bridgehead atoms. The van der Waals surface area contributed by atoms with Gasteiger partial charge in [0.05, 0.1) is 0 Å². The summed E-state index contributed by atoms with van der Waals surface area (Å²) in [6, 6.07) is 5.43. The second-order valence-electron chi connectivity index (χ2n) is 5.07. The van der Waals surface area contributed by atoms with Crippen molar-refractivity contribution in [2.24, 2.45) is 11.7 Å². The van der Waals surface area contributed by atoms with Gasteiger partial charge in [0, 0.05) is 6.04 Å². The molecule has 0 heterocycles. The molecule has 0 amide bonds. The fraction of sp³-hybridized carbons (Fsp3) is 0.571. The third kappa shape index (κ3) is 2.82. The average Bonchev–Trinajstić information content (AvgIpc) is 2.24. The molecule has 16 heavy (non-hydrogen) atoms. The van der Waals surface area contributed by atoms with E-state index in [1.807, 2.05) is 6.07 Å². The molecular formula is C14H20FN. The molecule has 1 aliphatic rings. The van der Waals surface area contributed by atoms with Crippen molar-refractivity contribution in [1.29, 1.82) is 0 Å². The van der Waals surface area contributed by atoms with Crippen LogP contribution in [0.5, 0.6) is 0 Å². The van der Waals surface area contributed by atoms with Crippen molar-refractivity contribution in [2.45, 2.75) is 45.1 Å². The van der Waals surface area contributed by atoms with E-state index in [-0.39, 0.29) is 5.82 Å². The summed E-state index contributed by atoms with van der Waals surface area (Å²) in [4.78, 5) is 0. The summed E-state index contributed by atoms with van der Waals surface area (Å²) >= 11 is 0. The first kappa shape index (κ1) is 11.6. The van der Waals surface area contributed by atoms with Crippen LogP contribution in [0.25, 0.3) is 0 Å². The van der Waals surface area contributed by atoms with Crippen molar-refractivity contribution in [3.05, 3.63) is 35.1 Å². The SMILES string of the molecule is Cc1ccc(F)cc1CC1CCCC(N)C1. The van der Waals surface area contributed by atoms with E-state index in [0.29, 0.717) is 12.0 Å². The molecule has 1 fully saturated rings. The molecule has 0 spiro atoms. The second-order valence-corrected chi connectivity index (χ2v) is 5.07. The minimum atomic E-state index is -0.124. The van der Waals surface area contributed by atoms with Crippen molar-refractivity contribution in [3.8, 4) is 0 Å². The normalized spacial score (nSPS) is 25.7. The number of halogens is 1. The molecule has 1 aromatic rings. The quantitative estimate of drug-likeness (QED) is 0.815. The molecule has 0 aliphatic heterocycles. The van der Waals surface area contributed by atoms with Gasteiger partial charge in [-0.05, 0) is 55.4 Å². The molecule has 2 heteroatoms. The van der Waals surface area contributed by atoms with Gasteiger partial charge in [-0.15, -0.1) is 0 Å². The Morgan fingerprint density at radius 2 is 2.19 bits per heavy atom. The van der Waals surface area contributed by atoms with Crippen LogP contribution >= 0.6 is 0 Å². The van der Waals surface area contributed by atoms with E-state index in [1.165, 1.54) is 24.5 Å². The number of benzene rings is 1. The minimum absolute atomic E-state index is 0.124. The van der Waals surface area contributed by atoms with Crippen LogP contribution in [-0.2, 0) is 6.42 Å². The maximum absolute atomic E-state index is 13.2. The lowest BCUT2D eigenvalue weighted by molar-refractivity contribution is 0.320. The highest BCUT2D eigenvalue weighted by atomic mass is 19.1. The van der Waals surface area contributed by atoms with Gasteiger partial charge in [0.25, 0.3) is 0 Å². The zero-order valence-electron chi connectivity index (χ0n) is 9.88. The monoisotopic (exact) mass is 221 g/mol. The summed E-state index contributed by atoms with van der Waals surface area (Å²) in [5.41, 5.74) is 8.32. The molecule has 1 aromatic carbocycles. The predicted molar refractivity (Wildman–Crippen MR) is 64.8 cm³/mol. The fourth-order valence-electron chi connectivity index (χ4n) is 2.69. The Bertz CT molecular complexity index is 362. The summed E-state index contributed by atoms with van der Waals surface area (Å²) in [6.45, 7) is 2.05. The zero-order chi connectivity index (χ0) is 11.5. The Hall–Kier alpha value is -0.890. The van der Waals surface area contributed by atoms with Crippen LogP contribution in [0.2, 0.25) is 0 Å². The van der Waals surface area contributed by atoms with E-state index in [1.54, 1.807) is 6.07 Å². The molecule has 2 unspecified atom stereocenters. The van der Waals surface area contributed by atoms with Crippen LogP contribution < -0.4 is 5.73 Å². The third-order valence-corrected chi connectivity index (χ3v) is 3.64. The molecule has 2 rings (SSSR count). The summed E-state index contributed by atoms with van der Waals surface area (Å²) in [6.07, 6.45) is 5.69. The standard InChI is InChI=1S/C14H20FN/c1-10-5-6-13(15)9-12(10)7-11-3-2-4-14(16)8-11/h5-6,9,11,14H,2-4,7-8,16H2,1H3. The summed E-state index contributed by atoms with van der Waals surface area (Å²) in [7, 11) is 0. The molecule has 0 saturated heterocycles. The van der Waals surface area contributed by atoms with Gasteiger partial charge in [0.15, 0.2) is 0 Å². The van der Waals surface area contributed by atoms with Crippen molar-refractivity contribution in [1.82, 2.24) is 0 Å². The van der Waals surface area contributed by atoms with E-state index in [9.17, 15) is 4.39 Å². The van der Waals surface area contributed by atoms with Gasteiger partial charge in [0.1, 0.15) is 5.82 Å². The number of aryl methyl sites for hydroxylation is 1. The van der Waals surface area contributed by atoms with Gasteiger partial charge in [-0.3, -0.25) is 0 Å². The van der Waals surface area contributed by atoms with Crippen LogP contribution in [0, 0.1) is 18.7 Å². The third-order valence-electron chi connectivity index (χ3n) is 3.64. The highest BCUT2D eigenvalue weighted by Crippen LogP contribution is 2.27. The molecule has 2 atom stereocenters. The fourth-order valence-corrected chi connectivity index (χ4v) is 2.69. The van der Waals surface area contributed by atoms with E-state index < -0.39 is 0 Å². The first-order valence-electron chi connectivity index (χ1n) is 6.16.